The molecule has 0 N–H and O–H groups in total. The number of nitrogens with zero attached hydrogens (tertiary/aromatic N) is 2. The van der Waals surface area contributed by atoms with Gasteiger partial charge in [0.1, 0.15) is 0 Å². The molecule has 2 nitrogen and oxygen atoms in total. The molecule has 0 aliphatic rings. The van der Waals surface area contributed by atoms with Crippen LogP contribution >= 0.6 is 0 Å². The van der Waals surface area contributed by atoms with Crippen molar-refractivity contribution in [1.82, 2.24) is 5.01 Å². The Kier molecular flexibility index (Phi) is 5.99. The summed E-state index contributed by atoms with van der Waals surface area (Å²) < 4.78 is 0. The summed E-state index contributed by atoms with van der Waals surface area (Å²) in [4.78, 5) is 0. The van der Waals surface area contributed by atoms with Gasteiger partial charge in [0.15, 0.2) is 0 Å². The summed E-state index contributed by atoms with van der Waals surface area (Å²) in [5.41, 5.74) is 0. The molecule has 0 rings (SSSR count). The molecular weight excluding hydrogens is 136 g/mol. The molecule has 11 heavy (non-hydrogen) atoms. The third kappa shape index (κ3) is 5.15. The first kappa shape index (κ1) is 9.69. The van der Waals surface area contributed by atoms with Gasteiger partial charge in [0.25, 0.3) is 0 Å². The first-order valence-electron chi connectivity index (χ1n) is 3.47. The van der Waals surface area contributed by atoms with Gasteiger partial charge in [-0.05, 0) is 6.08 Å². The lowest BCUT2D eigenvalue weighted by atomic mass is 10.5. The van der Waals surface area contributed by atoms with E-state index < -0.39 is 0 Å². The Bertz CT molecular complexity index is 149. The highest BCUT2D eigenvalue weighted by atomic mass is 15.4. The van der Waals surface area contributed by atoms with Gasteiger partial charge in [-0.25, -0.2) is 0 Å². The van der Waals surface area contributed by atoms with Crippen LogP contribution in [0.5, 0.6) is 0 Å². The van der Waals surface area contributed by atoms with Crippen LogP contribution in [0.1, 0.15) is 0 Å². The smallest absolute Gasteiger partial charge is 0.0542 e. The summed E-state index contributed by atoms with van der Waals surface area (Å²) in [6.07, 6.45) is 6.88. The van der Waals surface area contributed by atoms with Gasteiger partial charge in [0, 0.05) is 6.21 Å². The second-order valence-electron chi connectivity index (χ2n) is 1.95. The maximum Gasteiger partial charge on any atom is 0.0542 e. The highest BCUT2D eigenvalue weighted by molar-refractivity contribution is 5.69. The van der Waals surface area contributed by atoms with Crippen molar-refractivity contribution in [3.05, 3.63) is 38.0 Å². The van der Waals surface area contributed by atoms with E-state index in [1.807, 2.05) is 5.01 Å². The average molecular weight is 150 g/mol. The maximum atomic E-state index is 4.07. The highest BCUT2D eigenvalue weighted by Crippen LogP contribution is 1.88. The van der Waals surface area contributed by atoms with Gasteiger partial charge in [-0.15, -0.1) is 13.2 Å². The first-order chi connectivity index (χ1) is 5.35. The molecule has 0 heterocycles. The SMILES string of the molecule is C=CC=NN(CC=C)CC=C. The standard InChI is InChI=1S/C9H14N2/c1-4-7-10-11(8-5-2)9-6-3/h4-7H,1-3,8-9H2. The molecule has 0 atom stereocenters. The minimum atomic E-state index is 0.732. The molecule has 0 bridgehead atoms. The lowest BCUT2D eigenvalue weighted by Gasteiger charge is -2.13. The molecular formula is C9H14N2. The summed E-state index contributed by atoms with van der Waals surface area (Å²) in [5, 5.41) is 5.90. The fourth-order valence-corrected chi connectivity index (χ4v) is 0.608. The minimum Gasteiger partial charge on any atom is -0.289 e. The Labute approximate surface area is 68.2 Å². The van der Waals surface area contributed by atoms with Gasteiger partial charge in [0.05, 0.1) is 13.1 Å². The van der Waals surface area contributed by atoms with Crippen LogP contribution < -0.4 is 0 Å². The Morgan fingerprint density at radius 1 is 1.09 bits per heavy atom. The fourth-order valence-electron chi connectivity index (χ4n) is 0.608. The van der Waals surface area contributed by atoms with E-state index in [0.29, 0.717) is 0 Å². The van der Waals surface area contributed by atoms with Crippen molar-refractivity contribution in [3.8, 4) is 0 Å². The van der Waals surface area contributed by atoms with Crippen molar-refractivity contribution in [2.24, 2.45) is 5.10 Å². The summed E-state index contributed by atoms with van der Waals surface area (Å²) in [5.74, 6) is 0. The number of hydrogen-bond acceptors (Lipinski definition) is 2. The zero-order valence-corrected chi connectivity index (χ0v) is 6.74. The van der Waals surface area contributed by atoms with Crippen LogP contribution in [0, 0.1) is 0 Å². The third-order valence-corrected chi connectivity index (χ3v) is 1.02. The van der Waals surface area contributed by atoms with E-state index in [0.717, 1.165) is 13.1 Å². The molecule has 60 valence electrons. The molecule has 0 saturated heterocycles. The predicted molar refractivity (Wildman–Crippen MR) is 50.7 cm³/mol. The molecule has 0 aliphatic carbocycles. The number of allylic oxidation sites excluding steroid dienone is 1. The molecule has 0 aromatic heterocycles. The molecule has 0 fully saturated rings. The lowest BCUT2D eigenvalue weighted by molar-refractivity contribution is 0.358. The maximum absolute atomic E-state index is 4.07. The molecule has 0 spiro atoms. The van der Waals surface area contributed by atoms with E-state index in [1.54, 1.807) is 24.4 Å². The Hall–Kier alpha value is -1.31. The summed E-state index contributed by atoms with van der Waals surface area (Å²) in [7, 11) is 0. The Morgan fingerprint density at radius 3 is 2.00 bits per heavy atom. The number of rotatable bonds is 6. The van der Waals surface area contributed by atoms with Crippen LogP contribution in [0.25, 0.3) is 0 Å². The zero-order chi connectivity index (χ0) is 8.53. The average Bonchev–Trinajstić information content (AvgIpc) is 2.01. The first-order valence-corrected chi connectivity index (χ1v) is 3.47. The highest BCUT2D eigenvalue weighted by Gasteiger charge is 1.90. The van der Waals surface area contributed by atoms with E-state index in [2.05, 4.69) is 24.8 Å². The third-order valence-electron chi connectivity index (χ3n) is 1.02. The predicted octanol–water partition coefficient (Wildman–Crippen LogP) is 1.83. The van der Waals surface area contributed by atoms with E-state index >= 15 is 0 Å². The van der Waals surface area contributed by atoms with Crippen molar-refractivity contribution in [3.63, 3.8) is 0 Å². The molecule has 0 aliphatic heterocycles. The number of hydrazone groups is 1. The topological polar surface area (TPSA) is 15.6 Å². The molecule has 0 saturated carbocycles. The van der Waals surface area contributed by atoms with Crippen molar-refractivity contribution in [2.45, 2.75) is 0 Å². The second kappa shape index (κ2) is 6.81. The van der Waals surface area contributed by atoms with Gasteiger partial charge < -0.3 is 0 Å². The van der Waals surface area contributed by atoms with Gasteiger partial charge in [0.2, 0.25) is 0 Å². The van der Waals surface area contributed by atoms with E-state index in [1.165, 1.54) is 0 Å². The molecule has 0 aromatic carbocycles. The zero-order valence-electron chi connectivity index (χ0n) is 6.74. The van der Waals surface area contributed by atoms with E-state index in [-0.39, 0.29) is 0 Å². The van der Waals surface area contributed by atoms with E-state index in [9.17, 15) is 0 Å². The van der Waals surface area contributed by atoms with Crippen molar-refractivity contribution >= 4 is 6.21 Å². The van der Waals surface area contributed by atoms with Crippen LogP contribution in [0.2, 0.25) is 0 Å². The molecule has 2 heteroatoms. The lowest BCUT2D eigenvalue weighted by Crippen LogP contribution is -2.16. The Morgan fingerprint density at radius 2 is 1.64 bits per heavy atom. The van der Waals surface area contributed by atoms with Gasteiger partial charge in [-0.1, -0.05) is 18.7 Å². The van der Waals surface area contributed by atoms with Crippen molar-refractivity contribution < 1.29 is 0 Å². The minimum absolute atomic E-state index is 0.732. The summed E-state index contributed by atoms with van der Waals surface area (Å²) in [6, 6.07) is 0. The monoisotopic (exact) mass is 150 g/mol. The quantitative estimate of drug-likeness (QED) is 0.320. The molecule has 0 aromatic rings. The van der Waals surface area contributed by atoms with Crippen LogP contribution in [0.3, 0.4) is 0 Å². The van der Waals surface area contributed by atoms with Crippen molar-refractivity contribution in [2.75, 3.05) is 13.1 Å². The fraction of sp³-hybridized carbons (Fsp3) is 0.222. The summed E-state index contributed by atoms with van der Waals surface area (Å²) >= 11 is 0. The normalized spacial score (nSPS) is 9.45. The second-order valence-corrected chi connectivity index (χ2v) is 1.95. The molecule has 0 radical (unpaired) electrons. The Balaban J connectivity index is 3.85. The molecule has 0 amide bonds. The molecule has 0 unspecified atom stereocenters. The van der Waals surface area contributed by atoms with Gasteiger partial charge >= 0.3 is 0 Å². The summed E-state index contributed by atoms with van der Waals surface area (Å²) in [6.45, 7) is 12.2. The largest absolute Gasteiger partial charge is 0.289 e. The van der Waals surface area contributed by atoms with Crippen molar-refractivity contribution in [1.29, 1.82) is 0 Å². The van der Waals surface area contributed by atoms with E-state index in [4.69, 9.17) is 0 Å². The number of hydrogen-bond donors (Lipinski definition) is 0. The van der Waals surface area contributed by atoms with Crippen LogP contribution in [0.15, 0.2) is 43.1 Å². The van der Waals surface area contributed by atoms with Gasteiger partial charge in [-0.2, -0.15) is 5.10 Å². The van der Waals surface area contributed by atoms with Gasteiger partial charge in [-0.3, -0.25) is 5.01 Å². The van der Waals surface area contributed by atoms with Crippen LogP contribution in [-0.4, -0.2) is 24.3 Å². The van der Waals surface area contributed by atoms with Crippen LogP contribution in [0.4, 0.5) is 0 Å². The van der Waals surface area contributed by atoms with Crippen LogP contribution in [-0.2, 0) is 0 Å².